The van der Waals surface area contributed by atoms with Crippen molar-refractivity contribution in [1.29, 1.82) is 0 Å². The van der Waals surface area contributed by atoms with E-state index in [0.29, 0.717) is 48.3 Å². The van der Waals surface area contributed by atoms with Crippen molar-refractivity contribution in [3.05, 3.63) is 41.8 Å². The monoisotopic (exact) mass is 532 g/mol. The number of anilines is 2. The number of fused-ring (bicyclic) bond motifs is 1. The average Bonchev–Trinajstić information content (AvgIpc) is 3.58. The van der Waals surface area contributed by atoms with E-state index in [-0.39, 0.29) is 24.5 Å². The third-order valence-corrected chi connectivity index (χ3v) is 7.17. The maximum absolute atomic E-state index is 12.9. The van der Waals surface area contributed by atoms with E-state index in [9.17, 15) is 4.79 Å². The first kappa shape index (κ1) is 25.2. The fraction of sp³-hybridized carbons (Fsp3) is 0.429. The Kier molecular flexibility index (Phi) is 6.59. The maximum atomic E-state index is 12.9. The highest BCUT2D eigenvalue weighted by Gasteiger charge is 2.38. The van der Waals surface area contributed by atoms with E-state index in [2.05, 4.69) is 24.3 Å². The van der Waals surface area contributed by atoms with E-state index in [0.717, 1.165) is 40.8 Å². The summed E-state index contributed by atoms with van der Waals surface area (Å²) in [5.41, 5.74) is 3.74. The summed E-state index contributed by atoms with van der Waals surface area (Å²) in [5, 5.41) is 13.8. The molecule has 1 N–H and O–H groups in total. The standard InChI is InChI=1S/C28H32N6O5/c1-16(2)34-20-9-10-29-28(30-14-18-7-8-19(36-3)13-21(18)37-4)23(20)24(31-34)25-26(27(39-32-25)17-5-6-17)33-11-12-38-15-22(33)35/h7-10,13,16-17H,5-6,11-12,14-15H2,1-4H3,(H,29,30). The minimum Gasteiger partial charge on any atom is -0.497 e. The molecular weight excluding hydrogens is 500 g/mol. The van der Waals surface area contributed by atoms with Crippen LogP contribution in [0.25, 0.3) is 22.3 Å². The number of aromatic nitrogens is 4. The van der Waals surface area contributed by atoms with Crippen LogP contribution in [-0.2, 0) is 16.1 Å². The van der Waals surface area contributed by atoms with Gasteiger partial charge < -0.3 is 29.0 Å². The Morgan fingerprint density at radius 2 is 2.00 bits per heavy atom. The Bertz CT molecular complexity index is 1520. The van der Waals surface area contributed by atoms with Crippen LogP contribution in [0.1, 0.15) is 50.0 Å². The molecule has 6 rings (SSSR count). The van der Waals surface area contributed by atoms with Crippen LogP contribution in [0.2, 0.25) is 0 Å². The molecule has 3 aromatic heterocycles. The van der Waals surface area contributed by atoms with E-state index < -0.39 is 0 Å². The number of pyridine rings is 1. The van der Waals surface area contributed by atoms with Gasteiger partial charge in [-0.3, -0.25) is 9.48 Å². The molecule has 1 saturated heterocycles. The molecule has 2 fully saturated rings. The molecule has 204 valence electrons. The Morgan fingerprint density at radius 1 is 1.15 bits per heavy atom. The molecule has 1 aromatic carbocycles. The van der Waals surface area contributed by atoms with Gasteiger partial charge in [-0.15, -0.1) is 0 Å². The largest absolute Gasteiger partial charge is 0.497 e. The summed E-state index contributed by atoms with van der Waals surface area (Å²) in [6.45, 7) is 5.56. The quantitative estimate of drug-likeness (QED) is 0.332. The predicted molar refractivity (Wildman–Crippen MR) is 145 cm³/mol. The van der Waals surface area contributed by atoms with Crippen molar-refractivity contribution in [3.63, 3.8) is 0 Å². The second-order valence-corrected chi connectivity index (χ2v) is 10.1. The molecule has 11 heteroatoms. The lowest BCUT2D eigenvalue weighted by Crippen LogP contribution is -2.42. The SMILES string of the molecule is COc1ccc(CNc2nccc3c2c(-c2noc(C4CC4)c2N2CCOCC2=O)nn3C(C)C)c(OC)c1. The first-order valence-electron chi connectivity index (χ1n) is 13.2. The third kappa shape index (κ3) is 4.56. The number of hydrogen-bond donors (Lipinski definition) is 1. The number of nitrogens with zero attached hydrogens (tertiary/aromatic N) is 5. The number of carbonyl (C=O) groups is 1. The fourth-order valence-electron chi connectivity index (χ4n) is 5.04. The number of carbonyl (C=O) groups excluding carboxylic acids is 1. The lowest BCUT2D eigenvalue weighted by molar-refractivity contribution is -0.125. The molecule has 4 heterocycles. The molecule has 0 atom stereocenters. The van der Waals surface area contributed by atoms with Crippen molar-refractivity contribution in [3.8, 4) is 22.9 Å². The third-order valence-electron chi connectivity index (χ3n) is 7.17. The zero-order valence-corrected chi connectivity index (χ0v) is 22.6. The summed E-state index contributed by atoms with van der Waals surface area (Å²) < 4.78 is 24.2. The zero-order valence-electron chi connectivity index (χ0n) is 22.6. The van der Waals surface area contributed by atoms with Crippen LogP contribution in [-0.4, -0.2) is 59.8 Å². The summed E-state index contributed by atoms with van der Waals surface area (Å²) in [5.74, 6) is 2.98. The lowest BCUT2D eigenvalue weighted by Gasteiger charge is -2.26. The van der Waals surface area contributed by atoms with Gasteiger partial charge in [0.25, 0.3) is 5.91 Å². The summed E-state index contributed by atoms with van der Waals surface area (Å²) in [4.78, 5) is 19.4. The van der Waals surface area contributed by atoms with Crippen LogP contribution in [0.4, 0.5) is 11.5 Å². The lowest BCUT2D eigenvalue weighted by atomic mass is 10.1. The average molecular weight is 533 g/mol. The minimum absolute atomic E-state index is 0.0357. The molecule has 1 amide bonds. The van der Waals surface area contributed by atoms with Gasteiger partial charge in [-0.1, -0.05) is 5.16 Å². The van der Waals surface area contributed by atoms with Crippen LogP contribution in [0, 0.1) is 0 Å². The van der Waals surface area contributed by atoms with E-state index in [1.165, 1.54) is 0 Å². The number of amides is 1. The van der Waals surface area contributed by atoms with Crippen molar-refractivity contribution < 1.29 is 23.5 Å². The minimum atomic E-state index is -0.108. The number of hydrogen-bond acceptors (Lipinski definition) is 9. The summed E-state index contributed by atoms with van der Waals surface area (Å²) in [6.07, 6.45) is 3.80. The van der Waals surface area contributed by atoms with Crippen molar-refractivity contribution in [2.24, 2.45) is 0 Å². The predicted octanol–water partition coefficient (Wildman–Crippen LogP) is 4.54. The Hall–Kier alpha value is -4.12. The Labute approximate surface area is 226 Å². The molecule has 39 heavy (non-hydrogen) atoms. The Morgan fingerprint density at radius 3 is 2.72 bits per heavy atom. The van der Waals surface area contributed by atoms with Gasteiger partial charge in [0, 0.05) is 42.9 Å². The number of ether oxygens (including phenoxy) is 3. The van der Waals surface area contributed by atoms with Crippen molar-refractivity contribution >= 4 is 28.3 Å². The molecule has 2 aliphatic rings. The zero-order chi connectivity index (χ0) is 27.1. The molecule has 4 aromatic rings. The van der Waals surface area contributed by atoms with Crippen LogP contribution >= 0.6 is 0 Å². The van der Waals surface area contributed by atoms with Gasteiger partial charge >= 0.3 is 0 Å². The van der Waals surface area contributed by atoms with Crippen LogP contribution in [0.5, 0.6) is 11.5 Å². The molecule has 11 nitrogen and oxygen atoms in total. The van der Waals surface area contributed by atoms with Gasteiger partial charge in [-0.2, -0.15) is 5.10 Å². The topological polar surface area (TPSA) is 117 Å². The van der Waals surface area contributed by atoms with Gasteiger partial charge in [0.15, 0.2) is 11.5 Å². The second kappa shape index (κ2) is 10.2. The highest BCUT2D eigenvalue weighted by molar-refractivity contribution is 6.05. The van der Waals surface area contributed by atoms with Crippen molar-refractivity contribution in [2.45, 2.75) is 45.2 Å². The van der Waals surface area contributed by atoms with Gasteiger partial charge in [0.05, 0.1) is 31.7 Å². The number of nitrogens with one attached hydrogen (secondary N) is 1. The highest BCUT2D eigenvalue weighted by Crippen LogP contribution is 2.49. The van der Waals surface area contributed by atoms with Crippen molar-refractivity contribution in [2.75, 3.05) is 44.2 Å². The molecule has 1 aliphatic heterocycles. The van der Waals surface area contributed by atoms with Gasteiger partial charge in [-0.25, -0.2) is 4.98 Å². The first-order chi connectivity index (χ1) is 19.0. The second-order valence-electron chi connectivity index (χ2n) is 10.1. The van der Waals surface area contributed by atoms with Gasteiger partial charge in [0.2, 0.25) is 0 Å². The van der Waals surface area contributed by atoms with E-state index in [1.54, 1.807) is 25.3 Å². The van der Waals surface area contributed by atoms with Gasteiger partial charge in [-0.05, 0) is 44.9 Å². The van der Waals surface area contributed by atoms with E-state index >= 15 is 0 Å². The maximum Gasteiger partial charge on any atom is 0.253 e. The first-order valence-corrected chi connectivity index (χ1v) is 13.2. The molecule has 0 bridgehead atoms. The fourth-order valence-corrected chi connectivity index (χ4v) is 5.04. The van der Waals surface area contributed by atoms with Crippen LogP contribution in [0.3, 0.4) is 0 Å². The Balaban J connectivity index is 1.47. The number of rotatable bonds is 9. The highest BCUT2D eigenvalue weighted by atomic mass is 16.5. The van der Waals surface area contributed by atoms with Crippen LogP contribution in [0.15, 0.2) is 35.0 Å². The molecule has 0 unspecified atom stereocenters. The smallest absolute Gasteiger partial charge is 0.253 e. The number of morpholine rings is 1. The van der Waals surface area contributed by atoms with E-state index in [4.69, 9.17) is 28.8 Å². The molecule has 0 spiro atoms. The molecular formula is C28H32N6O5. The summed E-state index contributed by atoms with van der Waals surface area (Å²) >= 11 is 0. The van der Waals surface area contributed by atoms with Crippen molar-refractivity contribution in [1.82, 2.24) is 19.9 Å². The summed E-state index contributed by atoms with van der Waals surface area (Å²) in [7, 11) is 3.26. The number of methoxy groups -OCH3 is 2. The van der Waals surface area contributed by atoms with Crippen LogP contribution < -0.4 is 19.7 Å². The molecule has 1 aliphatic carbocycles. The van der Waals surface area contributed by atoms with Gasteiger partial charge in [0.1, 0.15) is 35.3 Å². The normalized spacial score (nSPS) is 15.8. The molecule has 1 saturated carbocycles. The van der Waals surface area contributed by atoms with E-state index in [1.807, 2.05) is 28.9 Å². The molecule has 0 radical (unpaired) electrons. The number of benzene rings is 1. The summed E-state index contributed by atoms with van der Waals surface area (Å²) in [6, 6.07) is 7.75.